The molecule has 4 aliphatic rings. The predicted octanol–water partition coefficient (Wildman–Crippen LogP) is 5.03. The van der Waals surface area contributed by atoms with Crippen molar-refractivity contribution in [1.82, 2.24) is 9.80 Å². The summed E-state index contributed by atoms with van der Waals surface area (Å²) in [6, 6.07) is 8.06. The summed E-state index contributed by atoms with van der Waals surface area (Å²) in [4.78, 5) is 41.9. The second kappa shape index (κ2) is 9.89. The van der Waals surface area contributed by atoms with Gasteiger partial charge in [0.25, 0.3) is 11.8 Å². The Morgan fingerprint density at radius 2 is 2.03 bits per heavy atom. The summed E-state index contributed by atoms with van der Waals surface area (Å²) in [5, 5.41) is 9.52. The van der Waals surface area contributed by atoms with Gasteiger partial charge in [-0.1, -0.05) is 30.4 Å². The molecule has 6 rings (SSSR count). The number of rotatable bonds is 6. The predicted molar refractivity (Wildman–Crippen MR) is 147 cm³/mol. The molecule has 4 atom stereocenters. The first-order chi connectivity index (χ1) is 18.3. The van der Waals surface area contributed by atoms with E-state index in [1.807, 2.05) is 4.90 Å². The Bertz CT molecular complexity index is 1370. The minimum atomic E-state index is -1.01. The summed E-state index contributed by atoms with van der Waals surface area (Å²) >= 11 is 6.91. The van der Waals surface area contributed by atoms with Crippen LogP contribution in [0.5, 0.6) is 5.75 Å². The Labute approximate surface area is 230 Å². The molecule has 2 saturated carbocycles. The van der Waals surface area contributed by atoms with Gasteiger partial charge in [-0.25, -0.2) is 4.79 Å². The quantitative estimate of drug-likeness (QED) is 0.393. The number of furan rings is 1. The van der Waals surface area contributed by atoms with Gasteiger partial charge in [-0.3, -0.25) is 14.5 Å². The SMILES string of the molecule is COc1ccc(-c2ccc(C=C3SC(=S)N(C4CC5CCC4C5)C3=O)o2)cc1C(=O)N1CCC[C@H]1C(=O)O. The van der Waals surface area contributed by atoms with Crippen LogP contribution in [0.3, 0.4) is 0 Å². The van der Waals surface area contributed by atoms with Crippen molar-refractivity contribution in [3.05, 3.63) is 46.6 Å². The van der Waals surface area contributed by atoms with Crippen LogP contribution in [0.25, 0.3) is 17.4 Å². The van der Waals surface area contributed by atoms with E-state index in [9.17, 15) is 19.5 Å². The molecule has 2 aliphatic carbocycles. The average Bonchev–Trinajstić information content (AvgIpc) is 3.73. The lowest BCUT2D eigenvalue weighted by atomic mass is 9.94. The molecular weight excluding hydrogens is 524 g/mol. The molecule has 198 valence electrons. The number of likely N-dealkylation sites (tertiary alicyclic amines) is 1. The van der Waals surface area contributed by atoms with Gasteiger partial charge in [0.2, 0.25) is 0 Å². The minimum absolute atomic E-state index is 0.0496. The highest BCUT2D eigenvalue weighted by molar-refractivity contribution is 8.26. The maximum atomic E-state index is 13.3. The third kappa shape index (κ3) is 4.33. The second-order valence-corrected chi connectivity index (χ2v) is 12.1. The van der Waals surface area contributed by atoms with Crippen molar-refractivity contribution >= 4 is 52.2 Å². The van der Waals surface area contributed by atoms with Gasteiger partial charge in [-0.05, 0) is 74.3 Å². The van der Waals surface area contributed by atoms with Crippen LogP contribution >= 0.6 is 24.0 Å². The summed E-state index contributed by atoms with van der Waals surface area (Å²) in [7, 11) is 1.47. The van der Waals surface area contributed by atoms with Gasteiger partial charge in [0.1, 0.15) is 27.6 Å². The maximum absolute atomic E-state index is 13.3. The van der Waals surface area contributed by atoms with Crippen molar-refractivity contribution in [2.75, 3.05) is 13.7 Å². The summed E-state index contributed by atoms with van der Waals surface area (Å²) in [6.45, 7) is 0.383. The van der Waals surface area contributed by atoms with E-state index in [4.69, 9.17) is 21.4 Å². The summed E-state index contributed by atoms with van der Waals surface area (Å²) in [6.07, 6.45) is 7.47. The lowest BCUT2D eigenvalue weighted by Gasteiger charge is -2.30. The third-order valence-corrected chi connectivity index (χ3v) is 9.60. The largest absolute Gasteiger partial charge is 0.496 e. The van der Waals surface area contributed by atoms with Crippen LogP contribution in [0.4, 0.5) is 0 Å². The number of benzene rings is 1. The van der Waals surface area contributed by atoms with E-state index in [-0.39, 0.29) is 23.4 Å². The van der Waals surface area contributed by atoms with E-state index >= 15 is 0 Å². The lowest BCUT2D eigenvalue weighted by molar-refractivity contribution is -0.141. The molecule has 1 aromatic carbocycles. The summed E-state index contributed by atoms with van der Waals surface area (Å²) < 4.78 is 12.1. The molecule has 1 N–H and O–H groups in total. The van der Waals surface area contributed by atoms with Crippen LogP contribution in [0.15, 0.2) is 39.7 Å². The first-order valence-electron chi connectivity index (χ1n) is 12.9. The van der Waals surface area contributed by atoms with E-state index < -0.39 is 12.0 Å². The van der Waals surface area contributed by atoms with Gasteiger partial charge in [0, 0.05) is 24.2 Å². The van der Waals surface area contributed by atoms with E-state index in [1.54, 1.807) is 36.4 Å². The van der Waals surface area contributed by atoms with Crippen LogP contribution in [0.2, 0.25) is 0 Å². The standard InChI is InChI=1S/C28H28N2O6S2/c1-35-23-8-6-17(13-19(23)25(31)29-10-2-3-20(29)27(33)34)22-9-7-18(36-22)14-24-26(32)30(28(37)38-24)21-12-15-4-5-16(21)11-15/h6-9,13-16,20-21H,2-5,10-12H2,1H3,(H,33,34)/t15?,16?,20-,21?/m0/s1. The number of ether oxygens (including phenoxy) is 1. The van der Waals surface area contributed by atoms with Crippen LogP contribution < -0.4 is 4.74 Å². The number of amides is 2. The first-order valence-corrected chi connectivity index (χ1v) is 14.2. The molecule has 0 radical (unpaired) electrons. The molecule has 2 saturated heterocycles. The first kappa shape index (κ1) is 25.2. The van der Waals surface area contributed by atoms with E-state index in [0.717, 1.165) is 6.42 Å². The summed E-state index contributed by atoms with van der Waals surface area (Å²) in [5.41, 5.74) is 0.928. The van der Waals surface area contributed by atoms with Crippen molar-refractivity contribution in [3.63, 3.8) is 0 Å². The number of aliphatic carboxylic acids is 1. The number of fused-ring (bicyclic) bond motifs is 2. The number of methoxy groups -OCH3 is 1. The minimum Gasteiger partial charge on any atom is -0.496 e. The van der Waals surface area contributed by atoms with Crippen molar-refractivity contribution in [1.29, 1.82) is 0 Å². The Morgan fingerprint density at radius 1 is 1.18 bits per heavy atom. The van der Waals surface area contributed by atoms with Gasteiger partial charge in [0.05, 0.1) is 17.6 Å². The van der Waals surface area contributed by atoms with Crippen molar-refractivity contribution < 1.29 is 28.6 Å². The zero-order valence-electron chi connectivity index (χ0n) is 20.9. The van der Waals surface area contributed by atoms with E-state index in [0.29, 0.717) is 63.3 Å². The topological polar surface area (TPSA) is 100 Å². The lowest BCUT2D eigenvalue weighted by Crippen LogP contribution is -2.41. The molecule has 2 aromatic rings. The molecule has 8 nitrogen and oxygen atoms in total. The molecule has 10 heteroatoms. The van der Waals surface area contributed by atoms with E-state index in [2.05, 4.69) is 0 Å². The number of carboxylic acids is 1. The molecule has 0 spiro atoms. The number of nitrogens with zero attached hydrogens (tertiary/aromatic N) is 2. The fourth-order valence-corrected chi connectivity index (χ4v) is 7.81. The highest BCUT2D eigenvalue weighted by atomic mass is 32.2. The smallest absolute Gasteiger partial charge is 0.326 e. The Balaban J connectivity index is 1.23. The van der Waals surface area contributed by atoms with Crippen molar-refractivity contribution in [2.24, 2.45) is 11.8 Å². The van der Waals surface area contributed by atoms with Gasteiger partial charge in [-0.2, -0.15) is 0 Å². The normalized spacial score (nSPS) is 27.7. The number of thioether (sulfide) groups is 1. The van der Waals surface area contributed by atoms with Gasteiger partial charge in [-0.15, -0.1) is 0 Å². The van der Waals surface area contributed by atoms with Crippen LogP contribution in [0, 0.1) is 11.8 Å². The number of hydrogen-bond donors (Lipinski definition) is 1. The Kier molecular flexibility index (Phi) is 6.55. The molecule has 3 heterocycles. The van der Waals surface area contributed by atoms with Gasteiger partial charge >= 0.3 is 5.97 Å². The number of carbonyl (C=O) groups excluding carboxylic acids is 2. The Morgan fingerprint density at radius 3 is 2.74 bits per heavy atom. The third-order valence-electron chi connectivity index (χ3n) is 8.27. The van der Waals surface area contributed by atoms with Crippen molar-refractivity contribution in [2.45, 2.75) is 50.6 Å². The molecule has 2 amide bonds. The molecule has 4 fully saturated rings. The zero-order chi connectivity index (χ0) is 26.6. The zero-order valence-corrected chi connectivity index (χ0v) is 22.6. The monoisotopic (exact) mass is 552 g/mol. The highest BCUT2D eigenvalue weighted by Crippen LogP contribution is 2.49. The number of thiocarbonyl (C=S) groups is 1. The molecule has 3 unspecified atom stereocenters. The highest BCUT2D eigenvalue weighted by Gasteiger charge is 2.48. The molecule has 2 bridgehead atoms. The average molecular weight is 553 g/mol. The molecular formula is C28H28N2O6S2. The van der Waals surface area contributed by atoms with E-state index in [1.165, 1.54) is 43.0 Å². The number of carboxylic acid groups (broad SMARTS) is 1. The van der Waals surface area contributed by atoms with Gasteiger partial charge < -0.3 is 19.2 Å². The number of hydrogen-bond acceptors (Lipinski definition) is 7. The molecule has 1 aromatic heterocycles. The molecule has 2 aliphatic heterocycles. The number of carbonyl (C=O) groups is 3. The molecule has 38 heavy (non-hydrogen) atoms. The van der Waals surface area contributed by atoms with Gasteiger partial charge in [0.15, 0.2) is 0 Å². The summed E-state index contributed by atoms with van der Waals surface area (Å²) in [5.74, 6) is 1.23. The Hall–Kier alpha value is -3.11. The van der Waals surface area contributed by atoms with Crippen LogP contribution in [0.1, 0.15) is 54.6 Å². The fourth-order valence-electron chi connectivity index (χ4n) is 6.46. The van der Waals surface area contributed by atoms with Crippen LogP contribution in [-0.2, 0) is 9.59 Å². The van der Waals surface area contributed by atoms with Crippen molar-refractivity contribution in [3.8, 4) is 17.1 Å². The fraction of sp³-hybridized carbons (Fsp3) is 0.429. The second-order valence-electron chi connectivity index (χ2n) is 10.4. The maximum Gasteiger partial charge on any atom is 0.326 e. The van der Waals surface area contributed by atoms with Crippen LogP contribution in [-0.4, -0.2) is 62.7 Å².